The van der Waals surface area contributed by atoms with E-state index in [1.165, 1.54) is 11.1 Å². The molecule has 2 rings (SSSR count). The zero-order chi connectivity index (χ0) is 21.8. The van der Waals surface area contributed by atoms with Gasteiger partial charge in [0.1, 0.15) is 0 Å². The number of rotatable bonds is 0. The van der Waals surface area contributed by atoms with Crippen LogP contribution in [0.2, 0.25) is 0 Å². The minimum Gasteiger partial charge on any atom is -0.166 e. The molecule has 0 saturated heterocycles. The Kier molecular flexibility index (Phi) is 12.5. The molecule has 0 aliphatic heterocycles. The monoisotopic (exact) mass is 394 g/mol. The molecule has 2 aromatic carbocycles. The second-order valence-corrected chi connectivity index (χ2v) is 5.06. The van der Waals surface area contributed by atoms with Crippen molar-refractivity contribution in [2.24, 2.45) is 0 Å². The van der Waals surface area contributed by atoms with Crippen molar-refractivity contribution in [3.63, 3.8) is 0 Å². The number of benzene rings is 2. The number of aryl methyl sites for hydroxylation is 2. The van der Waals surface area contributed by atoms with Crippen LogP contribution in [0.4, 0.5) is 26.3 Å². The van der Waals surface area contributed by atoms with Crippen molar-refractivity contribution in [3.8, 4) is 0 Å². The lowest BCUT2D eigenvalue weighted by molar-refractivity contribution is -0.143. The molecule has 0 amide bonds. The van der Waals surface area contributed by atoms with Crippen LogP contribution >= 0.6 is 0 Å². The maximum absolute atomic E-state index is 12.2. The van der Waals surface area contributed by atoms with Crippen LogP contribution in [-0.4, -0.2) is 0 Å². The van der Waals surface area contributed by atoms with Crippen LogP contribution in [0.3, 0.4) is 0 Å². The number of alkyl halides is 6. The van der Waals surface area contributed by atoms with Crippen LogP contribution in [-0.2, 0) is 12.4 Å². The average Bonchev–Trinajstić information content (AvgIpc) is 2.60. The van der Waals surface area contributed by atoms with Crippen LogP contribution < -0.4 is 0 Å². The molecule has 0 N–H and O–H groups in total. The Hall–Kier alpha value is -1.98. The van der Waals surface area contributed by atoms with Crippen LogP contribution in [0.15, 0.2) is 42.5 Å². The summed E-state index contributed by atoms with van der Waals surface area (Å²) in [5.41, 5.74) is -0.563. The standard InChI is InChI=1S/C9H6F6.C8H10.2C2H6/c1-5-6(8(10,11)12)3-2-4-7(5)9(13,14)15;1-7-5-3-4-6-8(7)2;2*1-2/h2-4H,1H3;3-6H,1-2H3;2*1-2H3. The van der Waals surface area contributed by atoms with E-state index in [0.717, 1.165) is 13.0 Å². The smallest absolute Gasteiger partial charge is 0.166 e. The molecule has 6 heteroatoms. The summed E-state index contributed by atoms with van der Waals surface area (Å²) in [7, 11) is 0. The third-order valence-electron chi connectivity index (χ3n) is 3.37. The Morgan fingerprint density at radius 2 is 0.815 bits per heavy atom. The average molecular weight is 394 g/mol. The highest BCUT2D eigenvalue weighted by atomic mass is 19.4. The van der Waals surface area contributed by atoms with Gasteiger partial charge in [0.2, 0.25) is 0 Å². The largest absolute Gasteiger partial charge is 0.416 e. The van der Waals surface area contributed by atoms with E-state index in [9.17, 15) is 26.3 Å². The van der Waals surface area contributed by atoms with E-state index in [-0.39, 0.29) is 0 Å². The lowest BCUT2D eigenvalue weighted by Gasteiger charge is -2.15. The third-order valence-corrected chi connectivity index (χ3v) is 3.37. The molecule has 0 bridgehead atoms. The van der Waals surface area contributed by atoms with Gasteiger partial charge in [0.05, 0.1) is 11.1 Å². The van der Waals surface area contributed by atoms with Gasteiger partial charge in [-0.05, 0) is 49.6 Å². The summed E-state index contributed by atoms with van der Waals surface area (Å²) in [5, 5.41) is 0. The Morgan fingerprint density at radius 1 is 0.519 bits per heavy atom. The number of hydrogen-bond donors (Lipinski definition) is 0. The molecule has 0 nitrogen and oxygen atoms in total. The van der Waals surface area contributed by atoms with Gasteiger partial charge in [-0.1, -0.05) is 58.0 Å². The third kappa shape index (κ3) is 9.50. The van der Waals surface area contributed by atoms with Crippen molar-refractivity contribution < 1.29 is 26.3 Å². The first kappa shape index (κ1) is 27.2. The van der Waals surface area contributed by atoms with Crippen LogP contribution in [0.1, 0.15) is 55.5 Å². The predicted octanol–water partition coefficient (Wildman–Crippen LogP) is 8.39. The first-order valence-corrected chi connectivity index (χ1v) is 8.71. The molecule has 0 aliphatic rings. The summed E-state index contributed by atoms with van der Waals surface area (Å²) in [4.78, 5) is 0. The van der Waals surface area contributed by atoms with Gasteiger partial charge in [0.25, 0.3) is 0 Å². The van der Waals surface area contributed by atoms with E-state index in [1.807, 2.05) is 27.7 Å². The van der Waals surface area contributed by atoms with E-state index < -0.39 is 29.0 Å². The predicted molar refractivity (Wildman–Crippen MR) is 99.8 cm³/mol. The lowest BCUT2D eigenvalue weighted by Crippen LogP contribution is -2.14. The van der Waals surface area contributed by atoms with Crippen LogP contribution in [0, 0.1) is 20.8 Å². The van der Waals surface area contributed by atoms with E-state index in [2.05, 4.69) is 38.1 Å². The Balaban J connectivity index is 0. The molecular weight excluding hydrogens is 366 g/mol. The van der Waals surface area contributed by atoms with Gasteiger partial charge in [0, 0.05) is 0 Å². The summed E-state index contributed by atoms with van der Waals surface area (Å²) in [6.45, 7) is 13.1. The molecule has 0 heterocycles. The molecule has 2 aromatic rings. The zero-order valence-corrected chi connectivity index (χ0v) is 16.8. The second-order valence-electron chi connectivity index (χ2n) is 5.06. The molecule has 0 saturated carbocycles. The van der Waals surface area contributed by atoms with Crippen molar-refractivity contribution >= 4 is 0 Å². The maximum atomic E-state index is 12.2. The summed E-state index contributed by atoms with van der Waals surface area (Å²) in [5.74, 6) is 0. The van der Waals surface area contributed by atoms with Gasteiger partial charge in [-0.15, -0.1) is 0 Å². The summed E-state index contributed by atoms with van der Waals surface area (Å²) < 4.78 is 73.5. The van der Waals surface area contributed by atoms with E-state index in [4.69, 9.17) is 0 Å². The van der Waals surface area contributed by atoms with E-state index >= 15 is 0 Å². The van der Waals surface area contributed by atoms with Crippen molar-refractivity contribution in [2.45, 2.75) is 60.8 Å². The molecular formula is C21H28F6. The Labute approximate surface area is 158 Å². The molecule has 0 unspecified atom stereocenters. The molecule has 0 radical (unpaired) electrons. The van der Waals surface area contributed by atoms with Crippen LogP contribution in [0.5, 0.6) is 0 Å². The summed E-state index contributed by atoms with van der Waals surface area (Å²) in [6.07, 6.45) is -9.52. The van der Waals surface area contributed by atoms with Gasteiger partial charge in [-0.3, -0.25) is 0 Å². The van der Waals surface area contributed by atoms with Gasteiger partial charge in [-0.25, -0.2) is 0 Å². The quantitative estimate of drug-likeness (QED) is 0.394. The lowest BCUT2D eigenvalue weighted by atomic mass is 10.0. The first-order chi connectivity index (χ1) is 12.4. The van der Waals surface area contributed by atoms with Crippen molar-refractivity contribution in [2.75, 3.05) is 0 Å². The number of hydrogen-bond acceptors (Lipinski definition) is 0. The maximum Gasteiger partial charge on any atom is 0.416 e. The SMILES string of the molecule is CC.CC.Cc1c(C(F)(F)F)cccc1C(F)(F)F.Cc1ccccc1C. The highest BCUT2D eigenvalue weighted by Gasteiger charge is 2.38. The molecule has 154 valence electrons. The fourth-order valence-electron chi connectivity index (χ4n) is 1.91. The zero-order valence-electron chi connectivity index (χ0n) is 16.8. The molecule has 27 heavy (non-hydrogen) atoms. The van der Waals surface area contributed by atoms with Gasteiger partial charge < -0.3 is 0 Å². The van der Waals surface area contributed by atoms with Gasteiger partial charge >= 0.3 is 12.4 Å². The van der Waals surface area contributed by atoms with Gasteiger partial charge in [0.15, 0.2) is 0 Å². The Bertz CT molecular complexity index is 601. The molecule has 0 atom stereocenters. The summed E-state index contributed by atoms with van der Waals surface area (Å²) in [6, 6.07) is 10.4. The second kappa shape index (κ2) is 12.4. The topological polar surface area (TPSA) is 0 Å². The summed E-state index contributed by atoms with van der Waals surface area (Å²) >= 11 is 0. The fraction of sp³-hybridized carbons (Fsp3) is 0.429. The minimum atomic E-state index is -4.76. The van der Waals surface area contributed by atoms with Crippen molar-refractivity contribution in [3.05, 3.63) is 70.3 Å². The molecule has 0 aliphatic carbocycles. The molecule has 0 aromatic heterocycles. The van der Waals surface area contributed by atoms with Crippen molar-refractivity contribution in [1.82, 2.24) is 0 Å². The number of halogens is 6. The molecule has 0 spiro atoms. The van der Waals surface area contributed by atoms with Crippen molar-refractivity contribution in [1.29, 1.82) is 0 Å². The highest BCUT2D eigenvalue weighted by molar-refractivity contribution is 5.37. The normalized spacial score (nSPS) is 10.4. The highest BCUT2D eigenvalue weighted by Crippen LogP contribution is 2.38. The van der Waals surface area contributed by atoms with Crippen LogP contribution in [0.25, 0.3) is 0 Å². The Morgan fingerprint density at radius 3 is 1.04 bits per heavy atom. The fourth-order valence-corrected chi connectivity index (χ4v) is 1.91. The first-order valence-electron chi connectivity index (χ1n) is 8.71. The minimum absolute atomic E-state index is 0.630. The van der Waals surface area contributed by atoms with Gasteiger partial charge in [-0.2, -0.15) is 26.3 Å². The van der Waals surface area contributed by atoms with E-state index in [1.54, 1.807) is 0 Å². The molecule has 0 fully saturated rings. The van der Waals surface area contributed by atoms with E-state index in [0.29, 0.717) is 12.1 Å².